The molecule has 32 heavy (non-hydrogen) atoms. The maximum absolute atomic E-state index is 13.2. The molecular formula is C24H26N4O4. The monoisotopic (exact) mass is 434 g/mol. The predicted molar refractivity (Wildman–Crippen MR) is 116 cm³/mol. The quantitative estimate of drug-likeness (QED) is 0.619. The smallest absolute Gasteiger partial charge is 0.316 e. The lowest BCUT2D eigenvalue weighted by Crippen LogP contribution is -2.52. The van der Waals surface area contributed by atoms with Gasteiger partial charge < -0.3 is 18.8 Å². The number of oxazole rings is 1. The highest BCUT2D eigenvalue weighted by atomic mass is 16.5. The van der Waals surface area contributed by atoms with Crippen LogP contribution in [0, 0.1) is 6.92 Å². The molecule has 3 aromatic rings. The maximum atomic E-state index is 13.2. The Morgan fingerprint density at radius 3 is 2.75 bits per heavy atom. The molecule has 0 bridgehead atoms. The number of piperidine rings is 1. The molecule has 2 aliphatic heterocycles. The summed E-state index contributed by atoms with van der Waals surface area (Å²) in [4.78, 5) is 27.7. The van der Waals surface area contributed by atoms with E-state index in [1.165, 1.54) is 6.39 Å². The van der Waals surface area contributed by atoms with Crippen LogP contribution >= 0.6 is 0 Å². The Bertz CT molecular complexity index is 1080. The van der Waals surface area contributed by atoms with E-state index in [4.69, 9.17) is 13.9 Å². The first-order chi connectivity index (χ1) is 15.6. The normalized spacial score (nSPS) is 20.3. The number of amides is 1. The molecule has 0 saturated carbocycles. The summed E-state index contributed by atoms with van der Waals surface area (Å²) in [7, 11) is 0. The third-order valence-corrected chi connectivity index (χ3v) is 6.27. The van der Waals surface area contributed by atoms with Crippen molar-refractivity contribution in [2.24, 2.45) is 0 Å². The standard InChI is InChI=1S/C24H26N4O4/c1-17-4-2-5-18(14-17)21-20(27-16-30-21)22(29)28-11-7-24(8-12-28)15-19(6-13-31-24)32-23-25-9-3-10-26-23/h2-5,9-10,14,16,19H,6-8,11-13,15H2,1H3. The molecule has 1 atom stereocenters. The second-order valence-electron chi connectivity index (χ2n) is 8.49. The predicted octanol–water partition coefficient (Wildman–Crippen LogP) is 3.67. The summed E-state index contributed by atoms with van der Waals surface area (Å²) in [6, 6.07) is 10.1. The van der Waals surface area contributed by atoms with Crippen molar-refractivity contribution in [1.82, 2.24) is 19.9 Å². The fraction of sp³-hybridized carbons (Fsp3) is 0.417. The van der Waals surface area contributed by atoms with Gasteiger partial charge in [0.25, 0.3) is 5.91 Å². The van der Waals surface area contributed by atoms with Crippen molar-refractivity contribution in [2.75, 3.05) is 19.7 Å². The van der Waals surface area contributed by atoms with E-state index in [1.54, 1.807) is 18.5 Å². The van der Waals surface area contributed by atoms with E-state index in [0.29, 0.717) is 37.2 Å². The van der Waals surface area contributed by atoms with Gasteiger partial charge in [0.2, 0.25) is 0 Å². The van der Waals surface area contributed by atoms with Crippen molar-refractivity contribution >= 4 is 5.91 Å². The van der Waals surface area contributed by atoms with Crippen LogP contribution in [0.4, 0.5) is 0 Å². The number of aromatic nitrogens is 3. The molecule has 0 aliphatic carbocycles. The SMILES string of the molecule is Cc1cccc(-c2ocnc2C(=O)N2CCC3(CC2)CC(Oc2ncccn2)CCO3)c1. The van der Waals surface area contributed by atoms with Crippen LogP contribution in [0.3, 0.4) is 0 Å². The highest BCUT2D eigenvalue weighted by Crippen LogP contribution is 2.37. The Balaban J connectivity index is 1.24. The second-order valence-corrected chi connectivity index (χ2v) is 8.49. The summed E-state index contributed by atoms with van der Waals surface area (Å²) < 4.78 is 17.8. The number of hydrogen-bond acceptors (Lipinski definition) is 7. The first-order valence-corrected chi connectivity index (χ1v) is 11.0. The summed E-state index contributed by atoms with van der Waals surface area (Å²) in [6.07, 6.45) is 7.79. The molecular weight excluding hydrogens is 408 g/mol. The molecule has 2 fully saturated rings. The van der Waals surface area contributed by atoms with Gasteiger partial charge in [-0.15, -0.1) is 0 Å². The summed E-state index contributed by atoms with van der Waals surface area (Å²) in [6.45, 7) is 3.85. The van der Waals surface area contributed by atoms with Crippen LogP contribution in [0.5, 0.6) is 6.01 Å². The van der Waals surface area contributed by atoms with Crippen molar-refractivity contribution in [1.29, 1.82) is 0 Å². The maximum Gasteiger partial charge on any atom is 0.316 e. The van der Waals surface area contributed by atoms with Crippen LogP contribution in [-0.2, 0) is 4.74 Å². The molecule has 4 heterocycles. The number of hydrogen-bond donors (Lipinski definition) is 0. The van der Waals surface area contributed by atoms with Gasteiger partial charge in [-0.1, -0.05) is 23.8 Å². The minimum atomic E-state index is -0.280. The largest absolute Gasteiger partial charge is 0.460 e. The molecule has 2 aliphatic rings. The molecule has 2 aromatic heterocycles. The Morgan fingerprint density at radius 2 is 1.97 bits per heavy atom. The van der Waals surface area contributed by atoms with Crippen molar-refractivity contribution in [2.45, 2.75) is 44.3 Å². The first-order valence-electron chi connectivity index (χ1n) is 11.0. The van der Waals surface area contributed by atoms with Gasteiger partial charge in [-0.05, 0) is 31.9 Å². The molecule has 2 saturated heterocycles. The molecule has 166 valence electrons. The molecule has 0 N–H and O–H groups in total. The average Bonchev–Trinajstić information content (AvgIpc) is 3.30. The van der Waals surface area contributed by atoms with Gasteiger partial charge in [0, 0.05) is 43.9 Å². The van der Waals surface area contributed by atoms with Crippen LogP contribution < -0.4 is 4.74 Å². The van der Waals surface area contributed by atoms with Crippen LogP contribution in [-0.4, -0.2) is 57.2 Å². The lowest BCUT2D eigenvalue weighted by Gasteiger charge is -2.45. The molecule has 1 unspecified atom stereocenters. The summed E-state index contributed by atoms with van der Waals surface area (Å²) in [5, 5.41) is 0. The lowest BCUT2D eigenvalue weighted by atomic mass is 9.83. The Morgan fingerprint density at radius 1 is 1.16 bits per heavy atom. The number of ether oxygens (including phenoxy) is 2. The topological polar surface area (TPSA) is 90.6 Å². The van der Waals surface area contributed by atoms with Gasteiger partial charge in [0.1, 0.15) is 6.10 Å². The van der Waals surface area contributed by atoms with Crippen LogP contribution in [0.2, 0.25) is 0 Å². The van der Waals surface area contributed by atoms with E-state index < -0.39 is 0 Å². The van der Waals surface area contributed by atoms with Crippen molar-refractivity contribution in [3.8, 4) is 17.3 Å². The number of rotatable bonds is 4. The minimum absolute atomic E-state index is 0.0110. The van der Waals surface area contributed by atoms with E-state index in [0.717, 1.165) is 36.8 Å². The van der Waals surface area contributed by atoms with E-state index >= 15 is 0 Å². The Labute approximate surface area is 186 Å². The number of carbonyl (C=O) groups excluding carboxylic acids is 1. The second kappa shape index (κ2) is 8.70. The molecule has 0 radical (unpaired) electrons. The molecule has 1 spiro atoms. The third kappa shape index (κ3) is 4.23. The summed E-state index contributed by atoms with van der Waals surface area (Å²) in [5.41, 5.74) is 2.04. The fourth-order valence-electron chi connectivity index (χ4n) is 4.58. The van der Waals surface area contributed by atoms with Gasteiger partial charge >= 0.3 is 6.01 Å². The minimum Gasteiger partial charge on any atom is -0.460 e. The van der Waals surface area contributed by atoms with Crippen LogP contribution in [0.1, 0.15) is 41.7 Å². The van der Waals surface area contributed by atoms with Gasteiger partial charge in [-0.2, -0.15) is 0 Å². The highest BCUT2D eigenvalue weighted by Gasteiger charge is 2.42. The lowest BCUT2D eigenvalue weighted by molar-refractivity contribution is -0.136. The van der Waals surface area contributed by atoms with E-state index in [9.17, 15) is 4.79 Å². The number of nitrogens with zero attached hydrogens (tertiary/aromatic N) is 4. The molecule has 5 rings (SSSR count). The Kier molecular flexibility index (Phi) is 5.61. The zero-order chi connectivity index (χ0) is 22.0. The van der Waals surface area contributed by atoms with E-state index in [-0.39, 0.29) is 17.6 Å². The average molecular weight is 434 g/mol. The van der Waals surface area contributed by atoms with Crippen molar-refractivity contribution < 1.29 is 18.7 Å². The number of likely N-dealkylation sites (tertiary alicyclic amines) is 1. The number of carbonyl (C=O) groups is 1. The molecule has 8 heteroatoms. The zero-order valence-electron chi connectivity index (χ0n) is 18.1. The highest BCUT2D eigenvalue weighted by molar-refractivity contribution is 5.97. The van der Waals surface area contributed by atoms with Crippen molar-refractivity contribution in [3.63, 3.8) is 0 Å². The first kappa shape index (κ1) is 20.6. The van der Waals surface area contributed by atoms with Crippen LogP contribution in [0.25, 0.3) is 11.3 Å². The van der Waals surface area contributed by atoms with E-state index in [2.05, 4.69) is 15.0 Å². The van der Waals surface area contributed by atoms with E-state index in [1.807, 2.05) is 36.1 Å². The van der Waals surface area contributed by atoms with Gasteiger partial charge in [-0.3, -0.25) is 4.79 Å². The third-order valence-electron chi connectivity index (χ3n) is 6.27. The van der Waals surface area contributed by atoms with Gasteiger partial charge in [-0.25, -0.2) is 15.0 Å². The number of aryl methyl sites for hydroxylation is 1. The Hall–Kier alpha value is -3.26. The van der Waals surface area contributed by atoms with Crippen molar-refractivity contribution in [3.05, 3.63) is 60.4 Å². The van der Waals surface area contributed by atoms with Crippen LogP contribution in [0.15, 0.2) is 53.5 Å². The molecule has 1 aromatic carbocycles. The summed E-state index contributed by atoms with van der Waals surface area (Å²) in [5.74, 6) is 0.413. The van der Waals surface area contributed by atoms with Gasteiger partial charge in [0.05, 0.1) is 12.2 Å². The molecule has 8 nitrogen and oxygen atoms in total. The zero-order valence-corrected chi connectivity index (χ0v) is 18.1. The van der Waals surface area contributed by atoms with Gasteiger partial charge in [0.15, 0.2) is 17.8 Å². The fourth-order valence-corrected chi connectivity index (χ4v) is 4.58. The summed E-state index contributed by atoms with van der Waals surface area (Å²) >= 11 is 0. The molecule has 1 amide bonds. The number of benzene rings is 1.